The van der Waals surface area contributed by atoms with E-state index in [2.05, 4.69) is 10.3 Å². The number of hydrogen-bond donors (Lipinski definition) is 1. The second kappa shape index (κ2) is 6.51. The molecule has 0 aromatic carbocycles. The van der Waals surface area contributed by atoms with Crippen LogP contribution in [0.15, 0.2) is 18.3 Å². The molecule has 112 valence electrons. The molecule has 0 saturated carbocycles. The molecule has 6 nitrogen and oxygen atoms in total. The highest BCUT2D eigenvalue weighted by molar-refractivity contribution is 7.88. The number of morpholine rings is 1. The zero-order chi connectivity index (χ0) is 14.6. The minimum Gasteiger partial charge on any atom is -0.375 e. The van der Waals surface area contributed by atoms with Crippen molar-refractivity contribution in [1.29, 1.82) is 0 Å². The average Bonchev–Trinajstić information content (AvgIpc) is 2.45. The Balaban J connectivity index is 1.90. The fourth-order valence-electron chi connectivity index (χ4n) is 2.26. The van der Waals surface area contributed by atoms with Gasteiger partial charge in [0.1, 0.15) is 5.82 Å². The fraction of sp³-hybridized carbons (Fsp3) is 0.615. The molecule has 1 N–H and O–H groups in total. The van der Waals surface area contributed by atoms with E-state index in [4.69, 9.17) is 4.74 Å². The Kier molecular flexibility index (Phi) is 4.95. The number of ether oxygens (including phenoxy) is 1. The van der Waals surface area contributed by atoms with Gasteiger partial charge in [-0.3, -0.25) is 0 Å². The van der Waals surface area contributed by atoms with Crippen LogP contribution in [0.25, 0.3) is 0 Å². The number of hydrogen-bond acceptors (Lipinski definition) is 5. The first-order chi connectivity index (χ1) is 9.49. The number of aryl methyl sites for hydroxylation is 1. The van der Waals surface area contributed by atoms with E-state index in [-0.39, 0.29) is 6.10 Å². The number of rotatable bonds is 5. The van der Waals surface area contributed by atoms with Crippen molar-refractivity contribution in [3.63, 3.8) is 0 Å². The van der Waals surface area contributed by atoms with Crippen LogP contribution in [-0.4, -0.2) is 56.8 Å². The van der Waals surface area contributed by atoms with Crippen LogP contribution in [0.1, 0.15) is 12.0 Å². The van der Waals surface area contributed by atoms with Gasteiger partial charge in [0.2, 0.25) is 10.0 Å². The first-order valence-electron chi connectivity index (χ1n) is 6.68. The van der Waals surface area contributed by atoms with E-state index in [1.165, 1.54) is 16.1 Å². The molecule has 2 rings (SSSR count). The van der Waals surface area contributed by atoms with E-state index in [1.54, 1.807) is 6.20 Å². The molecule has 0 amide bonds. The Morgan fingerprint density at radius 3 is 3.05 bits per heavy atom. The van der Waals surface area contributed by atoms with Gasteiger partial charge >= 0.3 is 0 Å². The highest BCUT2D eigenvalue weighted by Gasteiger charge is 2.26. The summed E-state index contributed by atoms with van der Waals surface area (Å²) in [5.41, 5.74) is 1.17. The molecular formula is C13H21N3O3S. The zero-order valence-electron chi connectivity index (χ0n) is 11.9. The second-order valence-electron chi connectivity index (χ2n) is 4.95. The first kappa shape index (κ1) is 15.2. The highest BCUT2D eigenvalue weighted by Crippen LogP contribution is 2.15. The van der Waals surface area contributed by atoms with Crippen LogP contribution in [0.2, 0.25) is 0 Å². The summed E-state index contributed by atoms with van der Waals surface area (Å²) in [6.45, 7) is 1.37. The van der Waals surface area contributed by atoms with Crippen molar-refractivity contribution >= 4 is 15.8 Å². The van der Waals surface area contributed by atoms with Gasteiger partial charge in [-0.1, -0.05) is 0 Å². The molecule has 1 saturated heterocycles. The predicted octanol–water partition coefficient (Wildman–Crippen LogP) is 0.716. The third kappa shape index (κ3) is 4.16. The summed E-state index contributed by atoms with van der Waals surface area (Å²) in [6.07, 6.45) is 4.63. The Hall–Kier alpha value is -1.18. The lowest BCUT2D eigenvalue weighted by atomic mass is 10.1. The Bertz CT molecular complexity index is 548. The van der Waals surface area contributed by atoms with Crippen LogP contribution in [0, 0.1) is 0 Å². The second-order valence-corrected chi connectivity index (χ2v) is 6.93. The van der Waals surface area contributed by atoms with Gasteiger partial charge in [0, 0.05) is 26.3 Å². The number of aromatic nitrogens is 1. The summed E-state index contributed by atoms with van der Waals surface area (Å²) in [5, 5.41) is 3.00. The standard InChI is InChI=1S/C13H21N3O3S/c1-14-13-9-11(5-6-15-13)3-4-12-10-16(7-8-19-12)20(2,17)18/h5-6,9,12H,3-4,7-8,10H2,1-2H3,(H,14,15)/t12-/m0/s1. The first-order valence-corrected chi connectivity index (χ1v) is 8.53. The van der Waals surface area contributed by atoms with Gasteiger partial charge in [0.25, 0.3) is 0 Å². The third-order valence-electron chi connectivity index (χ3n) is 3.41. The summed E-state index contributed by atoms with van der Waals surface area (Å²) < 4.78 is 30.2. The van der Waals surface area contributed by atoms with Gasteiger partial charge in [-0.05, 0) is 30.5 Å². The van der Waals surface area contributed by atoms with Crippen molar-refractivity contribution in [1.82, 2.24) is 9.29 Å². The van der Waals surface area contributed by atoms with E-state index in [0.717, 1.165) is 18.7 Å². The Labute approximate surface area is 120 Å². The summed E-state index contributed by atoms with van der Waals surface area (Å²) in [5.74, 6) is 0.838. The SMILES string of the molecule is CNc1cc(CC[C@H]2CN(S(C)(=O)=O)CCO2)ccn1. The maximum atomic E-state index is 11.5. The molecule has 0 unspecified atom stereocenters. The van der Waals surface area contributed by atoms with Gasteiger partial charge in [0.15, 0.2) is 0 Å². The lowest BCUT2D eigenvalue weighted by Gasteiger charge is -2.31. The number of pyridine rings is 1. The fourth-order valence-corrected chi connectivity index (χ4v) is 3.11. The van der Waals surface area contributed by atoms with Crippen LogP contribution in [0.5, 0.6) is 0 Å². The minimum absolute atomic E-state index is 0.0373. The van der Waals surface area contributed by atoms with Gasteiger partial charge in [0.05, 0.1) is 19.0 Å². The minimum atomic E-state index is -3.12. The maximum Gasteiger partial charge on any atom is 0.211 e. The molecule has 1 atom stereocenters. The van der Waals surface area contributed by atoms with Crippen LogP contribution < -0.4 is 5.32 Å². The van der Waals surface area contributed by atoms with Crippen molar-refractivity contribution < 1.29 is 13.2 Å². The van der Waals surface area contributed by atoms with Crippen LogP contribution >= 0.6 is 0 Å². The Morgan fingerprint density at radius 1 is 1.55 bits per heavy atom. The monoisotopic (exact) mass is 299 g/mol. The molecule has 2 heterocycles. The molecule has 1 aromatic rings. The van der Waals surface area contributed by atoms with Gasteiger partial charge in [-0.15, -0.1) is 0 Å². The van der Waals surface area contributed by atoms with Crippen molar-refractivity contribution in [3.8, 4) is 0 Å². The quantitative estimate of drug-likeness (QED) is 0.867. The number of sulfonamides is 1. The molecule has 20 heavy (non-hydrogen) atoms. The molecule has 1 aliphatic heterocycles. The Morgan fingerprint density at radius 2 is 2.35 bits per heavy atom. The van der Waals surface area contributed by atoms with E-state index < -0.39 is 10.0 Å². The van der Waals surface area contributed by atoms with Crippen molar-refractivity contribution in [2.75, 3.05) is 38.3 Å². The van der Waals surface area contributed by atoms with Crippen LogP contribution in [0.3, 0.4) is 0 Å². The van der Waals surface area contributed by atoms with E-state index in [1.807, 2.05) is 19.2 Å². The summed E-state index contributed by atoms with van der Waals surface area (Å²) in [7, 11) is -1.29. The van der Waals surface area contributed by atoms with Crippen molar-refractivity contribution in [2.45, 2.75) is 18.9 Å². The highest BCUT2D eigenvalue weighted by atomic mass is 32.2. The molecule has 0 aliphatic carbocycles. The maximum absolute atomic E-state index is 11.5. The molecule has 7 heteroatoms. The molecular weight excluding hydrogens is 278 g/mol. The molecule has 1 fully saturated rings. The third-order valence-corrected chi connectivity index (χ3v) is 4.68. The van der Waals surface area contributed by atoms with E-state index >= 15 is 0 Å². The lowest BCUT2D eigenvalue weighted by Crippen LogP contribution is -2.45. The van der Waals surface area contributed by atoms with E-state index in [9.17, 15) is 8.42 Å². The molecule has 0 bridgehead atoms. The molecule has 1 aromatic heterocycles. The molecule has 1 aliphatic rings. The van der Waals surface area contributed by atoms with Crippen LogP contribution in [0.4, 0.5) is 5.82 Å². The average molecular weight is 299 g/mol. The lowest BCUT2D eigenvalue weighted by molar-refractivity contribution is -0.00506. The van der Waals surface area contributed by atoms with E-state index in [0.29, 0.717) is 19.7 Å². The summed E-state index contributed by atoms with van der Waals surface area (Å²) >= 11 is 0. The largest absolute Gasteiger partial charge is 0.375 e. The zero-order valence-corrected chi connectivity index (χ0v) is 12.7. The topological polar surface area (TPSA) is 71.5 Å². The molecule has 0 spiro atoms. The van der Waals surface area contributed by atoms with Gasteiger partial charge in [-0.25, -0.2) is 13.4 Å². The van der Waals surface area contributed by atoms with Crippen molar-refractivity contribution in [3.05, 3.63) is 23.9 Å². The smallest absolute Gasteiger partial charge is 0.211 e. The molecule has 0 radical (unpaired) electrons. The predicted molar refractivity (Wildman–Crippen MR) is 78.3 cm³/mol. The number of anilines is 1. The number of nitrogens with zero attached hydrogens (tertiary/aromatic N) is 2. The van der Waals surface area contributed by atoms with Gasteiger partial charge < -0.3 is 10.1 Å². The van der Waals surface area contributed by atoms with Crippen LogP contribution in [-0.2, 0) is 21.2 Å². The van der Waals surface area contributed by atoms with Crippen molar-refractivity contribution in [2.24, 2.45) is 0 Å². The number of nitrogens with one attached hydrogen (secondary N) is 1. The van der Waals surface area contributed by atoms with Gasteiger partial charge in [-0.2, -0.15) is 4.31 Å². The summed E-state index contributed by atoms with van der Waals surface area (Å²) in [6, 6.07) is 3.97. The summed E-state index contributed by atoms with van der Waals surface area (Å²) in [4.78, 5) is 4.17. The normalized spacial score (nSPS) is 20.8.